The van der Waals surface area contributed by atoms with Crippen molar-refractivity contribution in [3.05, 3.63) is 65.0 Å². The number of para-hydroxylation sites is 1. The van der Waals surface area contributed by atoms with Gasteiger partial charge in [0.25, 0.3) is 5.69 Å². The number of ether oxygens (including phenoxy) is 1. The van der Waals surface area contributed by atoms with Crippen LogP contribution in [0.2, 0.25) is 0 Å². The highest BCUT2D eigenvalue weighted by Crippen LogP contribution is 2.35. The molecule has 2 heterocycles. The molecule has 1 N–H and O–H groups in total. The minimum atomic E-state index is -3.90. The lowest BCUT2D eigenvalue weighted by molar-refractivity contribution is -0.388. The highest BCUT2D eigenvalue weighted by molar-refractivity contribution is 7.99. The van der Waals surface area contributed by atoms with Crippen molar-refractivity contribution >= 4 is 27.5 Å². The minimum Gasteiger partial charge on any atom is -0.379 e. The van der Waals surface area contributed by atoms with Crippen molar-refractivity contribution in [3.63, 3.8) is 0 Å². The fraction of sp³-hybridized carbons (Fsp3) is 0.300. The van der Waals surface area contributed by atoms with Gasteiger partial charge in [0.05, 0.1) is 33.6 Å². The summed E-state index contributed by atoms with van der Waals surface area (Å²) in [6.07, 6.45) is 1.36. The number of rotatable bonds is 9. The molecule has 1 aliphatic heterocycles. The second kappa shape index (κ2) is 10.4. The summed E-state index contributed by atoms with van der Waals surface area (Å²) in [4.78, 5) is 17.5. The molecule has 1 aliphatic rings. The predicted octanol–water partition coefficient (Wildman–Crippen LogP) is 1.94. The van der Waals surface area contributed by atoms with E-state index in [2.05, 4.69) is 19.7 Å². The summed E-state index contributed by atoms with van der Waals surface area (Å²) < 4.78 is 34.8. The average Bonchev–Trinajstić information content (AvgIpc) is 3.28. The van der Waals surface area contributed by atoms with Gasteiger partial charge >= 0.3 is 0 Å². The predicted molar refractivity (Wildman–Crippen MR) is 121 cm³/mol. The van der Waals surface area contributed by atoms with E-state index in [0.717, 1.165) is 36.6 Å². The largest absolute Gasteiger partial charge is 0.379 e. The third-order valence-electron chi connectivity index (χ3n) is 4.98. The van der Waals surface area contributed by atoms with Crippen LogP contribution in [0.3, 0.4) is 0 Å². The summed E-state index contributed by atoms with van der Waals surface area (Å²) in [5.41, 5.74) is 0.433. The highest BCUT2D eigenvalue weighted by Gasteiger charge is 2.23. The molecule has 11 nitrogen and oxygen atoms in total. The summed E-state index contributed by atoms with van der Waals surface area (Å²) in [6.45, 7) is 3.46. The number of benzene rings is 2. The lowest BCUT2D eigenvalue weighted by Gasteiger charge is -2.26. The molecule has 0 bridgehead atoms. The van der Waals surface area contributed by atoms with E-state index in [9.17, 15) is 18.5 Å². The monoisotopic (exact) mass is 490 g/mol. The van der Waals surface area contributed by atoms with Gasteiger partial charge in [0.2, 0.25) is 10.0 Å². The average molecular weight is 491 g/mol. The summed E-state index contributed by atoms with van der Waals surface area (Å²) in [5.74, 6) is 0. The van der Waals surface area contributed by atoms with Gasteiger partial charge in [0.15, 0.2) is 5.16 Å². The third kappa shape index (κ3) is 5.75. The number of nitrogens with one attached hydrogen (secondary N) is 1. The number of morpholine rings is 1. The van der Waals surface area contributed by atoms with Crippen LogP contribution in [0, 0.1) is 10.1 Å². The lowest BCUT2D eigenvalue weighted by Crippen LogP contribution is -2.41. The first-order chi connectivity index (χ1) is 15.9. The van der Waals surface area contributed by atoms with Crippen LogP contribution >= 0.6 is 11.8 Å². The van der Waals surface area contributed by atoms with Crippen molar-refractivity contribution in [2.75, 3.05) is 39.4 Å². The quantitative estimate of drug-likeness (QED) is 0.353. The summed E-state index contributed by atoms with van der Waals surface area (Å²) in [5, 5.41) is 16.3. The normalized spacial score (nSPS) is 14.9. The molecule has 1 saturated heterocycles. The van der Waals surface area contributed by atoms with Gasteiger partial charge in [-0.15, -0.1) is 0 Å². The van der Waals surface area contributed by atoms with E-state index in [-0.39, 0.29) is 22.0 Å². The Bertz CT molecular complexity index is 1210. The molecule has 3 aromatic rings. The number of sulfonamides is 1. The molecule has 174 valence electrons. The van der Waals surface area contributed by atoms with Gasteiger partial charge in [-0.1, -0.05) is 18.2 Å². The molecule has 4 rings (SSSR count). The lowest BCUT2D eigenvalue weighted by atomic mass is 10.3. The fourth-order valence-electron chi connectivity index (χ4n) is 3.28. The zero-order valence-corrected chi connectivity index (χ0v) is 19.2. The number of nitro benzene ring substituents is 1. The van der Waals surface area contributed by atoms with E-state index in [1.165, 1.54) is 18.5 Å². The number of nitrogens with zero attached hydrogens (tertiary/aromatic N) is 5. The fourth-order valence-corrected chi connectivity index (χ4v) is 5.24. The molecule has 1 fully saturated rings. The second-order valence-electron chi connectivity index (χ2n) is 7.13. The Hall–Kier alpha value is -2.84. The summed E-state index contributed by atoms with van der Waals surface area (Å²) >= 11 is 1.04. The van der Waals surface area contributed by atoms with Crippen LogP contribution < -0.4 is 4.72 Å². The van der Waals surface area contributed by atoms with E-state index in [0.29, 0.717) is 24.9 Å². The highest BCUT2D eigenvalue weighted by atomic mass is 32.2. The first-order valence-corrected chi connectivity index (χ1v) is 12.5. The Balaban J connectivity index is 1.51. The molecule has 2 aromatic carbocycles. The van der Waals surface area contributed by atoms with Crippen molar-refractivity contribution in [2.24, 2.45) is 0 Å². The molecule has 33 heavy (non-hydrogen) atoms. The van der Waals surface area contributed by atoms with Crippen LogP contribution in [0.25, 0.3) is 5.69 Å². The zero-order valence-electron chi connectivity index (χ0n) is 17.5. The summed E-state index contributed by atoms with van der Waals surface area (Å²) in [6, 6.07) is 13.1. The van der Waals surface area contributed by atoms with Crippen molar-refractivity contribution in [3.8, 4) is 5.69 Å². The van der Waals surface area contributed by atoms with E-state index >= 15 is 0 Å². The number of hydrogen-bond acceptors (Lipinski definition) is 9. The van der Waals surface area contributed by atoms with E-state index in [1.54, 1.807) is 4.68 Å². The Kier molecular flexibility index (Phi) is 7.35. The smallest absolute Gasteiger partial charge is 0.284 e. The van der Waals surface area contributed by atoms with Crippen LogP contribution in [0.5, 0.6) is 0 Å². The van der Waals surface area contributed by atoms with Gasteiger partial charge in [-0.05, 0) is 36.0 Å². The minimum absolute atomic E-state index is 0.162. The van der Waals surface area contributed by atoms with Crippen molar-refractivity contribution in [2.45, 2.75) is 14.9 Å². The van der Waals surface area contributed by atoms with E-state index in [1.807, 2.05) is 30.3 Å². The van der Waals surface area contributed by atoms with Crippen molar-refractivity contribution < 1.29 is 18.1 Å². The molecule has 0 saturated carbocycles. The van der Waals surface area contributed by atoms with Gasteiger partial charge in [0, 0.05) is 32.2 Å². The van der Waals surface area contributed by atoms with Gasteiger partial charge in [-0.3, -0.25) is 15.0 Å². The van der Waals surface area contributed by atoms with Crippen LogP contribution in [-0.4, -0.2) is 72.4 Å². The first kappa shape index (κ1) is 23.3. The molecule has 0 atom stereocenters. The van der Waals surface area contributed by atoms with Crippen LogP contribution in [-0.2, 0) is 14.8 Å². The Labute approximate surface area is 195 Å². The second-order valence-corrected chi connectivity index (χ2v) is 9.91. The van der Waals surface area contributed by atoms with Crippen molar-refractivity contribution in [1.29, 1.82) is 0 Å². The molecular weight excluding hydrogens is 468 g/mol. The Morgan fingerprint density at radius 3 is 2.64 bits per heavy atom. The van der Waals surface area contributed by atoms with Crippen LogP contribution in [0.1, 0.15) is 0 Å². The maximum Gasteiger partial charge on any atom is 0.284 e. The van der Waals surface area contributed by atoms with Gasteiger partial charge < -0.3 is 4.74 Å². The van der Waals surface area contributed by atoms with E-state index in [4.69, 9.17) is 4.74 Å². The molecule has 1 aromatic heterocycles. The molecular formula is C20H22N6O5S2. The summed E-state index contributed by atoms with van der Waals surface area (Å²) in [7, 11) is -3.90. The van der Waals surface area contributed by atoms with Gasteiger partial charge in [-0.2, -0.15) is 5.10 Å². The first-order valence-electron chi connectivity index (χ1n) is 10.2. The zero-order chi connectivity index (χ0) is 23.3. The molecule has 0 spiro atoms. The Morgan fingerprint density at radius 2 is 1.91 bits per heavy atom. The topological polar surface area (TPSA) is 132 Å². The number of nitro groups is 1. The standard InChI is InChI=1S/C20H22N6O5S2/c27-26(28)18-14-17(33(29,30)23-8-9-24-10-12-31-13-11-24)6-7-19(18)32-20-21-15-22-25(20)16-4-2-1-3-5-16/h1-7,14-15,23H,8-13H2. The molecule has 13 heteroatoms. The van der Waals surface area contributed by atoms with Gasteiger partial charge in [0.1, 0.15) is 6.33 Å². The van der Waals surface area contributed by atoms with E-state index < -0.39 is 14.9 Å². The number of aromatic nitrogens is 3. The van der Waals surface area contributed by atoms with Gasteiger partial charge in [-0.25, -0.2) is 22.8 Å². The maximum absolute atomic E-state index is 12.7. The third-order valence-corrected chi connectivity index (χ3v) is 7.46. The van der Waals surface area contributed by atoms with Crippen LogP contribution in [0.15, 0.2) is 69.8 Å². The molecule has 0 unspecified atom stereocenters. The molecule has 0 radical (unpaired) electrons. The molecule has 0 aliphatic carbocycles. The number of hydrogen-bond donors (Lipinski definition) is 1. The SMILES string of the molecule is O=[N+]([O-])c1cc(S(=O)(=O)NCCN2CCOCC2)ccc1Sc1ncnn1-c1ccccc1. The maximum atomic E-state index is 12.7. The van der Waals surface area contributed by atoms with Crippen LogP contribution in [0.4, 0.5) is 5.69 Å². The van der Waals surface area contributed by atoms with Crippen molar-refractivity contribution in [1.82, 2.24) is 24.4 Å². The molecule has 0 amide bonds. The Morgan fingerprint density at radius 1 is 1.15 bits per heavy atom.